The summed E-state index contributed by atoms with van der Waals surface area (Å²) in [4.78, 5) is 21.9. The van der Waals surface area contributed by atoms with E-state index in [1.165, 1.54) is 6.07 Å². The summed E-state index contributed by atoms with van der Waals surface area (Å²) in [7, 11) is 0. The van der Waals surface area contributed by atoms with Crippen LogP contribution in [0.25, 0.3) is 0 Å². The normalized spacial score (nSPS) is 14.8. The molecule has 1 aromatic heterocycles. The molecule has 0 unspecified atom stereocenters. The van der Waals surface area contributed by atoms with Crippen LogP contribution in [0, 0.1) is 6.92 Å². The highest BCUT2D eigenvalue weighted by molar-refractivity contribution is 5.68. The predicted molar refractivity (Wildman–Crippen MR) is 56.8 cm³/mol. The van der Waals surface area contributed by atoms with Crippen LogP contribution in [-0.4, -0.2) is 22.2 Å². The summed E-state index contributed by atoms with van der Waals surface area (Å²) in [5.74, 6) is -0.933. The first kappa shape index (κ1) is 10.7. The van der Waals surface area contributed by atoms with Gasteiger partial charge in [0.15, 0.2) is 12.4 Å². The molecule has 1 heterocycles. The third kappa shape index (κ3) is 2.08. The molecule has 2 rings (SSSR count). The summed E-state index contributed by atoms with van der Waals surface area (Å²) in [6.07, 6.45) is 3.94. The molecule has 1 N–H and O–H groups in total. The topological polar surface area (TPSA) is 68.5 Å². The van der Waals surface area contributed by atoms with Crippen LogP contribution in [0.15, 0.2) is 17.1 Å². The lowest BCUT2D eigenvalue weighted by Gasteiger charge is -2.13. The third-order valence-electron chi connectivity index (χ3n) is 2.61. The first-order chi connectivity index (χ1) is 7.59. The molecule has 1 aliphatic rings. The molecule has 1 aromatic rings. The second-order valence-corrected chi connectivity index (χ2v) is 3.92. The highest BCUT2D eigenvalue weighted by Gasteiger charge is 2.25. The summed E-state index contributed by atoms with van der Waals surface area (Å²) in [5, 5.41) is 8.51. The molecule has 0 radical (unpaired) electrons. The Morgan fingerprint density at radius 2 is 2.31 bits per heavy atom. The molecule has 0 saturated heterocycles. The van der Waals surface area contributed by atoms with Crippen molar-refractivity contribution in [1.29, 1.82) is 0 Å². The molecule has 0 atom stereocenters. The molecule has 0 aliphatic heterocycles. The highest BCUT2D eigenvalue weighted by Crippen LogP contribution is 2.36. The van der Waals surface area contributed by atoms with E-state index < -0.39 is 12.6 Å². The summed E-state index contributed by atoms with van der Waals surface area (Å²) in [5.41, 5.74) is 0.437. The molecular weight excluding hydrogens is 210 g/mol. The quantitative estimate of drug-likeness (QED) is 0.825. The van der Waals surface area contributed by atoms with E-state index in [1.807, 2.05) is 4.57 Å². The van der Waals surface area contributed by atoms with Crippen LogP contribution in [0.1, 0.15) is 24.6 Å². The fraction of sp³-hybridized carbons (Fsp3) is 0.455. The zero-order valence-corrected chi connectivity index (χ0v) is 8.97. The lowest BCUT2D eigenvalue weighted by atomic mass is 10.3. The van der Waals surface area contributed by atoms with E-state index in [0.29, 0.717) is 11.7 Å². The van der Waals surface area contributed by atoms with E-state index in [4.69, 9.17) is 9.84 Å². The Morgan fingerprint density at radius 3 is 2.88 bits per heavy atom. The van der Waals surface area contributed by atoms with Crippen molar-refractivity contribution in [2.45, 2.75) is 25.8 Å². The van der Waals surface area contributed by atoms with Crippen molar-refractivity contribution in [1.82, 2.24) is 4.57 Å². The zero-order valence-electron chi connectivity index (χ0n) is 8.97. The van der Waals surface area contributed by atoms with Gasteiger partial charge in [0, 0.05) is 18.3 Å². The molecule has 0 aromatic carbocycles. The largest absolute Gasteiger partial charge is 0.479 e. The van der Waals surface area contributed by atoms with Crippen LogP contribution in [0.5, 0.6) is 5.75 Å². The van der Waals surface area contributed by atoms with Gasteiger partial charge >= 0.3 is 5.97 Å². The van der Waals surface area contributed by atoms with Crippen molar-refractivity contribution in [2.75, 3.05) is 6.61 Å². The number of ether oxygens (including phenoxy) is 1. The van der Waals surface area contributed by atoms with Gasteiger partial charge in [-0.1, -0.05) is 0 Å². The van der Waals surface area contributed by atoms with Crippen molar-refractivity contribution in [2.24, 2.45) is 0 Å². The van der Waals surface area contributed by atoms with E-state index in [-0.39, 0.29) is 11.2 Å². The van der Waals surface area contributed by atoms with Crippen molar-refractivity contribution in [3.05, 3.63) is 28.2 Å². The number of nitrogens with zero attached hydrogens (tertiary/aromatic N) is 1. The SMILES string of the molecule is Cc1c(OCC(=O)O)c(=O)ccn1C1CC1. The van der Waals surface area contributed by atoms with Crippen LogP contribution in [0.3, 0.4) is 0 Å². The standard InChI is InChI=1S/C11H13NO4/c1-7-11(16-6-10(14)15)9(13)4-5-12(7)8-2-3-8/h4-5,8H,2-3,6H2,1H3,(H,14,15). The summed E-state index contributed by atoms with van der Waals surface area (Å²) >= 11 is 0. The maximum atomic E-state index is 11.5. The van der Waals surface area contributed by atoms with Crippen LogP contribution >= 0.6 is 0 Å². The van der Waals surface area contributed by atoms with Crippen LogP contribution in [0.4, 0.5) is 0 Å². The van der Waals surface area contributed by atoms with Gasteiger partial charge in [-0.05, 0) is 19.8 Å². The number of rotatable bonds is 4. The average molecular weight is 223 g/mol. The maximum Gasteiger partial charge on any atom is 0.341 e. The Bertz CT molecular complexity index is 473. The van der Waals surface area contributed by atoms with Gasteiger partial charge in [0.25, 0.3) is 0 Å². The Balaban J connectivity index is 2.30. The number of carboxylic acid groups (broad SMARTS) is 1. The van der Waals surface area contributed by atoms with Gasteiger partial charge in [0.05, 0.1) is 5.69 Å². The van der Waals surface area contributed by atoms with E-state index in [9.17, 15) is 9.59 Å². The lowest BCUT2D eigenvalue weighted by molar-refractivity contribution is -0.139. The minimum Gasteiger partial charge on any atom is -0.479 e. The Kier molecular flexibility index (Phi) is 2.68. The number of pyridine rings is 1. The molecule has 16 heavy (non-hydrogen) atoms. The maximum absolute atomic E-state index is 11.5. The Morgan fingerprint density at radius 1 is 1.62 bits per heavy atom. The summed E-state index contributed by atoms with van der Waals surface area (Å²) < 4.78 is 6.99. The first-order valence-corrected chi connectivity index (χ1v) is 5.16. The summed E-state index contributed by atoms with van der Waals surface area (Å²) in [6, 6.07) is 1.86. The number of carbonyl (C=O) groups is 1. The van der Waals surface area contributed by atoms with Gasteiger partial charge in [0.1, 0.15) is 0 Å². The highest BCUT2D eigenvalue weighted by atomic mass is 16.5. The minimum atomic E-state index is -1.08. The number of hydrogen-bond acceptors (Lipinski definition) is 3. The van der Waals surface area contributed by atoms with E-state index in [1.54, 1.807) is 13.1 Å². The van der Waals surface area contributed by atoms with Gasteiger partial charge in [-0.25, -0.2) is 4.79 Å². The molecule has 1 fully saturated rings. The lowest BCUT2D eigenvalue weighted by Crippen LogP contribution is -2.18. The van der Waals surface area contributed by atoms with E-state index in [0.717, 1.165) is 12.8 Å². The fourth-order valence-corrected chi connectivity index (χ4v) is 1.69. The monoisotopic (exact) mass is 223 g/mol. The van der Waals surface area contributed by atoms with Gasteiger partial charge in [0.2, 0.25) is 5.43 Å². The van der Waals surface area contributed by atoms with Crippen LogP contribution < -0.4 is 10.2 Å². The Hall–Kier alpha value is -1.78. The molecular formula is C11H13NO4. The van der Waals surface area contributed by atoms with Crippen molar-refractivity contribution >= 4 is 5.97 Å². The second kappa shape index (κ2) is 4.00. The molecule has 5 heteroatoms. The van der Waals surface area contributed by atoms with Crippen LogP contribution in [0.2, 0.25) is 0 Å². The number of hydrogen-bond donors (Lipinski definition) is 1. The van der Waals surface area contributed by atoms with Crippen molar-refractivity contribution < 1.29 is 14.6 Å². The molecule has 5 nitrogen and oxygen atoms in total. The van der Waals surface area contributed by atoms with Gasteiger partial charge < -0.3 is 14.4 Å². The summed E-state index contributed by atoms with van der Waals surface area (Å²) in [6.45, 7) is 1.29. The third-order valence-corrected chi connectivity index (χ3v) is 2.61. The number of aliphatic carboxylic acids is 1. The first-order valence-electron chi connectivity index (χ1n) is 5.16. The zero-order chi connectivity index (χ0) is 11.7. The molecule has 0 bridgehead atoms. The minimum absolute atomic E-state index is 0.150. The Labute approximate surface area is 92.3 Å². The molecule has 0 spiro atoms. The van der Waals surface area contributed by atoms with Gasteiger partial charge in [-0.15, -0.1) is 0 Å². The van der Waals surface area contributed by atoms with Gasteiger partial charge in [-0.3, -0.25) is 4.79 Å². The average Bonchev–Trinajstić information content (AvgIpc) is 3.01. The van der Waals surface area contributed by atoms with Crippen molar-refractivity contribution in [3.8, 4) is 5.75 Å². The molecule has 1 aliphatic carbocycles. The van der Waals surface area contributed by atoms with E-state index >= 15 is 0 Å². The van der Waals surface area contributed by atoms with Crippen molar-refractivity contribution in [3.63, 3.8) is 0 Å². The predicted octanol–water partition coefficient (Wildman–Crippen LogP) is 0.955. The molecule has 1 saturated carbocycles. The molecule has 86 valence electrons. The number of aromatic nitrogens is 1. The van der Waals surface area contributed by atoms with Crippen LogP contribution in [-0.2, 0) is 4.79 Å². The smallest absolute Gasteiger partial charge is 0.341 e. The molecule has 0 amide bonds. The number of carboxylic acids is 1. The fourth-order valence-electron chi connectivity index (χ4n) is 1.69. The van der Waals surface area contributed by atoms with Gasteiger partial charge in [-0.2, -0.15) is 0 Å². The second-order valence-electron chi connectivity index (χ2n) is 3.92. The van der Waals surface area contributed by atoms with E-state index in [2.05, 4.69) is 0 Å².